The highest BCUT2D eigenvalue weighted by Gasteiger charge is 2.25. The minimum Gasteiger partial charge on any atom is -0.477 e. The van der Waals surface area contributed by atoms with Gasteiger partial charge < -0.3 is 28.5 Å². The molecule has 0 fully saturated rings. The summed E-state index contributed by atoms with van der Waals surface area (Å²) in [6.45, 7) is 4.65. The maximum atomic E-state index is 13.0. The Morgan fingerprint density at radius 1 is 0.330 bits per heavy atom. The maximum Gasteiger partial charge on any atom is 0.361 e. The summed E-state index contributed by atoms with van der Waals surface area (Å²) in [5.41, 5.74) is 0. The van der Waals surface area contributed by atoms with E-state index in [1.165, 1.54) is 128 Å². The third-order valence-electron chi connectivity index (χ3n) is 15.3. The summed E-state index contributed by atoms with van der Waals surface area (Å²) in [6, 6.07) is 0. The number of carbonyl (C=O) groups is 3. The van der Waals surface area contributed by atoms with Crippen LogP contribution in [0.2, 0.25) is 0 Å². The molecular formula is C82H136NO8+. The molecule has 9 nitrogen and oxygen atoms in total. The van der Waals surface area contributed by atoms with Crippen molar-refractivity contribution in [1.29, 1.82) is 0 Å². The molecule has 0 amide bonds. The summed E-state index contributed by atoms with van der Waals surface area (Å²) in [5, 5.41) is 9.76. The van der Waals surface area contributed by atoms with Gasteiger partial charge in [0.2, 0.25) is 0 Å². The number of rotatable bonds is 66. The first-order valence-electron chi connectivity index (χ1n) is 36.6. The van der Waals surface area contributed by atoms with Gasteiger partial charge in [-0.1, -0.05) is 307 Å². The number of unbranched alkanes of at least 4 members (excludes halogenated alkanes) is 25. The van der Waals surface area contributed by atoms with Crippen molar-refractivity contribution in [1.82, 2.24) is 0 Å². The van der Waals surface area contributed by atoms with Crippen LogP contribution in [-0.2, 0) is 33.3 Å². The largest absolute Gasteiger partial charge is 0.477 e. The van der Waals surface area contributed by atoms with E-state index in [4.69, 9.17) is 18.9 Å². The van der Waals surface area contributed by atoms with Crippen LogP contribution in [0.4, 0.5) is 0 Å². The predicted molar refractivity (Wildman–Crippen MR) is 391 cm³/mol. The van der Waals surface area contributed by atoms with Crippen LogP contribution in [0.15, 0.2) is 158 Å². The highest BCUT2D eigenvalue weighted by Crippen LogP contribution is 2.17. The average Bonchev–Trinajstić information content (AvgIpc) is 3.46. The van der Waals surface area contributed by atoms with Gasteiger partial charge in [-0.3, -0.25) is 9.59 Å². The molecule has 2 atom stereocenters. The Hall–Kier alpha value is -5.09. The quantitative estimate of drug-likeness (QED) is 0.0211. The number of likely N-dealkylation sites (N-methyl/N-ethyl adjacent to an activating group) is 1. The number of esters is 2. The molecule has 0 bridgehead atoms. The summed E-state index contributed by atoms with van der Waals surface area (Å²) in [6.07, 6.45) is 102. The number of carboxylic acid groups (broad SMARTS) is 1. The fourth-order valence-corrected chi connectivity index (χ4v) is 9.76. The fourth-order valence-electron chi connectivity index (χ4n) is 9.76. The van der Waals surface area contributed by atoms with E-state index >= 15 is 0 Å². The van der Waals surface area contributed by atoms with E-state index in [1.54, 1.807) is 0 Å². The van der Waals surface area contributed by atoms with Gasteiger partial charge in [0, 0.05) is 12.8 Å². The molecule has 0 rings (SSSR count). The lowest BCUT2D eigenvalue weighted by Crippen LogP contribution is -2.40. The van der Waals surface area contributed by atoms with E-state index in [2.05, 4.69) is 172 Å². The molecule has 516 valence electrons. The van der Waals surface area contributed by atoms with Crippen LogP contribution in [0, 0.1) is 0 Å². The van der Waals surface area contributed by atoms with Gasteiger partial charge in [-0.15, -0.1) is 0 Å². The van der Waals surface area contributed by atoms with Gasteiger partial charge >= 0.3 is 17.9 Å². The van der Waals surface area contributed by atoms with Gasteiger partial charge in [0.1, 0.15) is 13.2 Å². The molecule has 0 aliphatic carbocycles. The Labute approximate surface area is 559 Å². The van der Waals surface area contributed by atoms with Gasteiger partial charge in [-0.25, -0.2) is 4.79 Å². The molecule has 0 saturated carbocycles. The van der Waals surface area contributed by atoms with Crippen molar-refractivity contribution >= 4 is 17.9 Å². The molecule has 2 unspecified atom stereocenters. The first-order chi connectivity index (χ1) is 44.6. The summed E-state index contributed by atoms with van der Waals surface area (Å²) < 4.78 is 23.0. The van der Waals surface area contributed by atoms with E-state index in [0.29, 0.717) is 23.9 Å². The van der Waals surface area contributed by atoms with Crippen molar-refractivity contribution in [3.05, 3.63) is 158 Å². The van der Waals surface area contributed by atoms with Crippen molar-refractivity contribution < 1.29 is 42.9 Å². The molecule has 1 N–H and O–H groups in total. The number of hydrogen-bond acceptors (Lipinski definition) is 7. The van der Waals surface area contributed by atoms with E-state index in [0.717, 1.165) is 122 Å². The highest BCUT2D eigenvalue weighted by atomic mass is 16.7. The van der Waals surface area contributed by atoms with Crippen LogP contribution in [-0.4, -0.2) is 87.4 Å². The van der Waals surface area contributed by atoms with Crippen molar-refractivity contribution in [3.63, 3.8) is 0 Å². The second-order valence-electron chi connectivity index (χ2n) is 25.1. The average molecular weight is 1260 g/mol. The molecule has 0 aromatic carbocycles. The van der Waals surface area contributed by atoms with E-state index in [-0.39, 0.29) is 32.2 Å². The second kappa shape index (κ2) is 70.8. The standard InChI is InChI=1S/C82H135NO8/c1-6-8-10-12-14-16-18-20-22-24-26-28-30-32-34-35-36-37-38-39-40-41-42-43-44-45-47-49-51-53-55-57-59-61-63-65-67-69-71-73-80(85)91-78(77-90-82(81(86)87)88-75-74-83(3,4)5)76-89-79(84)72-70-68-66-64-62-60-58-56-54-52-50-48-46-33-31-29-27-25-23-21-19-17-15-13-11-9-7-2/h8-11,14-17,20-23,26-29,32-34,36-37,39-40,42-43,46,78,82H,6-7,12-13,18-19,24-25,30-31,35,38,41,44-45,47-77H2,1-5H3/p+1/b10-8-,11-9-,16-14-,17-15-,22-20-,23-21-,28-26-,29-27-,34-32-,37-36-,40-39-,43-42-,46-33-. The van der Waals surface area contributed by atoms with Crippen LogP contribution in [0.3, 0.4) is 0 Å². The Kier molecular flexibility index (Phi) is 66.8. The Morgan fingerprint density at radius 2 is 0.593 bits per heavy atom. The molecule has 0 saturated heterocycles. The monoisotopic (exact) mass is 1260 g/mol. The van der Waals surface area contributed by atoms with Crippen molar-refractivity contribution in [2.45, 2.75) is 296 Å². The molecule has 0 aliphatic heterocycles. The highest BCUT2D eigenvalue weighted by molar-refractivity contribution is 5.71. The summed E-state index contributed by atoms with van der Waals surface area (Å²) in [4.78, 5) is 37.7. The van der Waals surface area contributed by atoms with Gasteiger partial charge in [0.15, 0.2) is 6.10 Å². The van der Waals surface area contributed by atoms with Crippen LogP contribution in [0.25, 0.3) is 0 Å². The normalized spacial score (nSPS) is 13.6. The lowest BCUT2D eigenvalue weighted by molar-refractivity contribution is -0.870. The van der Waals surface area contributed by atoms with Gasteiger partial charge in [0.25, 0.3) is 6.29 Å². The Balaban J connectivity index is 4.12. The summed E-state index contributed by atoms with van der Waals surface area (Å²) in [7, 11) is 5.97. The van der Waals surface area contributed by atoms with E-state index in [1.807, 2.05) is 21.1 Å². The lowest BCUT2D eigenvalue weighted by Gasteiger charge is -2.25. The summed E-state index contributed by atoms with van der Waals surface area (Å²) >= 11 is 0. The number of ether oxygens (including phenoxy) is 4. The zero-order valence-electron chi connectivity index (χ0n) is 58.9. The number of aliphatic carboxylic acids is 1. The Bertz CT molecular complexity index is 2060. The topological polar surface area (TPSA) is 108 Å². The van der Waals surface area contributed by atoms with Crippen LogP contribution < -0.4 is 0 Å². The first kappa shape index (κ1) is 85.9. The van der Waals surface area contributed by atoms with Crippen LogP contribution in [0.1, 0.15) is 284 Å². The zero-order chi connectivity index (χ0) is 66.1. The molecule has 0 aromatic rings. The van der Waals surface area contributed by atoms with Crippen molar-refractivity contribution in [2.24, 2.45) is 0 Å². The molecule has 0 radical (unpaired) electrons. The van der Waals surface area contributed by atoms with Crippen molar-refractivity contribution in [3.8, 4) is 0 Å². The molecule has 0 aromatic heterocycles. The second-order valence-corrected chi connectivity index (χ2v) is 25.1. The van der Waals surface area contributed by atoms with E-state index < -0.39 is 24.3 Å². The molecule has 0 spiro atoms. The van der Waals surface area contributed by atoms with Crippen LogP contribution >= 0.6 is 0 Å². The Morgan fingerprint density at radius 3 is 0.879 bits per heavy atom. The third-order valence-corrected chi connectivity index (χ3v) is 15.3. The molecule has 9 heteroatoms. The summed E-state index contributed by atoms with van der Waals surface area (Å²) in [5.74, 6) is -2.01. The van der Waals surface area contributed by atoms with Gasteiger partial charge in [-0.05, 0) is 122 Å². The third kappa shape index (κ3) is 72.2. The number of hydrogen-bond donors (Lipinski definition) is 1. The molecular weight excluding hydrogens is 1130 g/mol. The van der Waals surface area contributed by atoms with Crippen molar-refractivity contribution in [2.75, 3.05) is 47.5 Å². The van der Waals surface area contributed by atoms with Gasteiger partial charge in [-0.2, -0.15) is 0 Å². The number of carbonyl (C=O) groups excluding carboxylic acids is 2. The molecule has 91 heavy (non-hydrogen) atoms. The molecule has 0 aliphatic rings. The van der Waals surface area contributed by atoms with Crippen LogP contribution in [0.5, 0.6) is 0 Å². The minimum absolute atomic E-state index is 0.181. The SMILES string of the molecule is CC/C=C\C/C=C\C/C=C\C/C=C\C/C=C\C/C=C\C/C=C\C/C=C\CCCCCCCCCCCCCCCCC(=O)OC(COC(=O)CCCCCCCCCCCCC/C=C\C/C=C\C/C=C\C/C=C\C/C=C\CC)COC(OCC[N+](C)(C)C)C(=O)O. The zero-order valence-corrected chi connectivity index (χ0v) is 58.9. The fraction of sp³-hybridized carbons (Fsp3) is 0.646. The van der Waals surface area contributed by atoms with Gasteiger partial charge in [0.05, 0.1) is 34.4 Å². The maximum absolute atomic E-state index is 13.0. The number of nitrogens with zero attached hydrogens (tertiary/aromatic N) is 1. The number of allylic oxidation sites excluding steroid dienone is 26. The smallest absolute Gasteiger partial charge is 0.361 e. The number of quaternary nitrogens is 1. The number of carboxylic acids is 1. The first-order valence-corrected chi connectivity index (χ1v) is 36.6. The predicted octanol–water partition coefficient (Wildman–Crippen LogP) is 23.2. The minimum atomic E-state index is -1.52. The van der Waals surface area contributed by atoms with E-state index in [9.17, 15) is 19.5 Å². The lowest BCUT2D eigenvalue weighted by atomic mass is 10.0. The molecule has 0 heterocycles.